The summed E-state index contributed by atoms with van der Waals surface area (Å²) in [5.41, 5.74) is 0.994. The lowest BCUT2D eigenvalue weighted by Crippen LogP contribution is -3.00. The van der Waals surface area contributed by atoms with Gasteiger partial charge in [-0.25, -0.2) is 9.36 Å². The maximum absolute atomic E-state index is 12.1. The monoisotopic (exact) mass is 448 g/mol. The minimum Gasteiger partial charge on any atom is -1.00 e. The van der Waals surface area contributed by atoms with Crippen molar-refractivity contribution in [1.29, 1.82) is 0 Å². The summed E-state index contributed by atoms with van der Waals surface area (Å²) < 4.78 is 3.27. The van der Waals surface area contributed by atoms with Crippen LogP contribution in [0.2, 0.25) is 5.02 Å². The normalized spacial score (nSPS) is 15.9. The van der Waals surface area contributed by atoms with Crippen LogP contribution >= 0.6 is 23.4 Å². The van der Waals surface area contributed by atoms with Crippen molar-refractivity contribution in [3.05, 3.63) is 48.0 Å². The Kier molecular flexibility index (Phi) is 5.87. The summed E-state index contributed by atoms with van der Waals surface area (Å²) in [6.07, 6.45) is 5.19. The van der Waals surface area contributed by atoms with Crippen LogP contribution in [0.25, 0.3) is 0 Å². The number of amidine groups is 1. The summed E-state index contributed by atoms with van der Waals surface area (Å²) >= 11 is 7.49. The molecule has 0 spiro atoms. The highest BCUT2D eigenvalue weighted by Crippen LogP contribution is 2.26. The lowest BCUT2D eigenvalue weighted by Gasteiger charge is -2.17. The first kappa shape index (κ1) is 17.3. The Morgan fingerprint density at radius 3 is 2.73 bits per heavy atom. The van der Waals surface area contributed by atoms with Crippen molar-refractivity contribution < 1.29 is 33.3 Å². The van der Waals surface area contributed by atoms with Gasteiger partial charge in [0.25, 0.3) is 6.33 Å². The van der Waals surface area contributed by atoms with Gasteiger partial charge in [-0.15, -0.1) is 9.56 Å². The summed E-state index contributed by atoms with van der Waals surface area (Å²) in [4.78, 5) is 18.4. The van der Waals surface area contributed by atoms with Crippen molar-refractivity contribution >= 4 is 40.2 Å². The molecule has 1 amide bonds. The van der Waals surface area contributed by atoms with E-state index in [0.29, 0.717) is 5.02 Å². The fourth-order valence-corrected chi connectivity index (χ4v) is 3.14. The highest BCUT2D eigenvalue weighted by molar-refractivity contribution is 8.14. The second-order valence-corrected chi connectivity index (χ2v) is 6.14. The van der Waals surface area contributed by atoms with Gasteiger partial charge in [-0.2, -0.15) is 0 Å². The third-order valence-electron chi connectivity index (χ3n) is 3.10. The number of carbonyl (C=O) groups excluding carboxylic acids is 1. The first-order valence-electron chi connectivity index (χ1n) is 6.45. The van der Waals surface area contributed by atoms with Crippen molar-refractivity contribution in [2.24, 2.45) is 12.0 Å². The number of carbonyl (C=O) groups is 1. The van der Waals surface area contributed by atoms with Crippen LogP contribution in [0.15, 0.2) is 48.0 Å². The second kappa shape index (κ2) is 7.47. The van der Waals surface area contributed by atoms with E-state index in [1.807, 2.05) is 36.2 Å². The maximum atomic E-state index is 12.1. The lowest BCUT2D eigenvalue weighted by molar-refractivity contribution is -0.670. The molecule has 3 rings (SSSR count). The van der Waals surface area contributed by atoms with Crippen molar-refractivity contribution in [2.75, 3.05) is 17.2 Å². The average Bonchev–Trinajstić information content (AvgIpc) is 3.09. The molecule has 0 saturated carbocycles. The molecule has 0 N–H and O–H groups in total. The van der Waals surface area contributed by atoms with Gasteiger partial charge in [0.15, 0.2) is 5.17 Å². The fraction of sp³-hybridized carbons (Fsp3) is 0.214. The summed E-state index contributed by atoms with van der Waals surface area (Å²) in [5.74, 6) is 0.911. The summed E-state index contributed by atoms with van der Waals surface area (Å²) in [5, 5.41) is 1.42. The molecule has 1 saturated heterocycles. The molecule has 116 valence electrons. The van der Waals surface area contributed by atoms with Crippen LogP contribution in [0.4, 0.5) is 10.5 Å². The van der Waals surface area contributed by atoms with Gasteiger partial charge < -0.3 is 28.9 Å². The maximum Gasteiger partial charge on any atom is 0.441 e. The number of aliphatic imine (C=N–C) groups is 1. The molecule has 0 atom stereocenters. The Morgan fingerprint density at radius 2 is 2.09 bits per heavy atom. The van der Waals surface area contributed by atoms with Crippen LogP contribution in [-0.2, 0) is 7.05 Å². The molecule has 0 bridgehead atoms. The zero-order valence-corrected chi connectivity index (χ0v) is 15.5. The van der Waals surface area contributed by atoms with E-state index in [1.165, 1.54) is 4.57 Å². The van der Waals surface area contributed by atoms with E-state index in [2.05, 4.69) is 4.99 Å². The Morgan fingerprint density at radius 1 is 1.36 bits per heavy atom. The van der Waals surface area contributed by atoms with Crippen molar-refractivity contribution in [1.82, 2.24) is 4.57 Å². The summed E-state index contributed by atoms with van der Waals surface area (Å²) in [7, 11) is 1.86. The number of aryl methyl sites for hydroxylation is 1. The van der Waals surface area contributed by atoms with E-state index in [4.69, 9.17) is 11.6 Å². The number of amides is 1. The predicted molar refractivity (Wildman–Crippen MR) is 85.1 cm³/mol. The zero-order chi connectivity index (χ0) is 14.8. The number of rotatable bonds is 1. The van der Waals surface area contributed by atoms with Crippen molar-refractivity contribution in [3.8, 4) is 0 Å². The molecule has 1 aromatic heterocycles. The number of aromatic nitrogens is 2. The first-order chi connectivity index (χ1) is 10.1. The average molecular weight is 449 g/mol. The van der Waals surface area contributed by atoms with E-state index in [-0.39, 0.29) is 30.0 Å². The minimum atomic E-state index is -0.293. The number of anilines is 1. The molecular weight excluding hydrogens is 435 g/mol. The molecule has 1 fully saturated rings. The molecule has 5 nitrogen and oxygen atoms in total. The molecule has 1 aliphatic rings. The largest absolute Gasteiger partial charge is 1.00 e. The number of thioether (sulfide) groups is 1. The number of hydrogen-bond acceptors (Lipinski definition) is 2. The Balaban J connectivity index is 0.00000176. The molecule has 8 heteroatoms. The molecule has 1 aliphatic heterocycles. The number of imidazole rings is 1. The molecule has 1 aromatic carbocycles. The molecule has 0 unspecified atom stereocenters. The van der Waals surface area contributed by atoms with Crippen LogP contribution in [-0.4, -0.2) is 28.1 Å². The van der Waals surface area contributed by atoms with Crippen molar-refractivity contribution in [3.63, 3.8) is 0 Å². The van der Waals surface area contributed by atoms with Gasteiger partial charge >= 0.3 is 6.03 Å². The van der Waals surface area contributed by atoms with Gasteiger partial charge in [-0.1, -0.05) is 23.4 Å². The number of halogens is 2. The Labute approximate surface area is 155 Å². The van der Waals surface area contributed by atoms with Crippen LogP contribution in [0.3, 0.4) is 0 Å². The van der Waals surface area contributed by atoms with Crippen LogP contribution in [0.1, 0.15) is 0 Å². The van der Waals surface area contributed by atoms with Gasteiger partial charge in [0, 0.05) is 23.0 Å². The first-order valence-corrected chi connectivity index (χ1v) is 7.82. The van der Waals surface area contributed by atoms with E-state index in [9.17, 15) is 4.79 Å². The van der Waals surface area contributed by atoms with E-state index >= 15 is 0 Å². The van der Waals surface area contributed by atoms with Gasteiger partial charge in [0.05, 0.1) is 7.05 Å². The van der Waals surface area contributed by atoms with E-state index in [0.717, 1.165) is 23.2 Å². The number of hydrogen-bond donors (Lipinski definition) is 0. The summed E-state index contributed by atoms with van der Waals surface area (Å²) in [6, 6.07) is 7.25. The van der Waals surface area contributed by atoms with Gasteiger partial charge in [0.2, 0.25) is 0 Å². The lowest BCUT2D eigenvalue weighted by atomic mass is 10.3. The second-order valence-electron chi connectivity index (χ2n) is 4.64. The molecule has 0 radical (unpaired) electrons. The third kappa shape index (κ3) is 3.82. The third-order valence-corrected chi connectivity index (χ3v) is 4.30. The smallest absolute Gasteiger partial charge is 0.441 e. The summed E-state index contributed by atoms with van der Waals surface area (Å²) in [6.45, 7) is 0.831. The molecule has 2 heterocycles. The topological polar surface area (TPSA) is 41.5 Å². The quantitative estimate of drug-likeness (QED) is 0.438. The van der Waals surface area contributed by atoms with Gasteiger partial charge in [0.1, 0.15) is 12.4 Å². The number of benzene rings is 1. The standard InChI is InChI=1S/C14H14ClN4OS.HI/c1-17-6-7-18(10-17)13(20)16-14-19(8-9-21-14)12-4-2-11(15)3-5-12;/h2-7,10H,8-9H2,1H3;1H/q+1;/p-1. The number of nitrogens with zero attached hydrogens (tertiary/aromatic N) is 4. The van der Waals surface area contributed by atoms with Crippen molar-refractivity contribution in [2.45, 2.75) is 0 Å². The van der Waals surface area contributed by atoms with Crippen LogP contribution < -0.4 is 33.4 Å². The highest BCUT2D eigenvalue weighted by Gasteiger charge is 2.23. The fourth-order valence-electron chi connectivity index (χ4n) is 2.06. The van der Waals surface area contributed by atoms with Gasteiger partial charge in [-0.3, -0.25) is 0 Å². The van der Waals surface area contributed by atoms with Crippen LogP contribution in [0, 0.1) is 0 Å². The van der Waals surface area contributed by atoms with Crippen LogP contribution in [0.5, 0.6) is 0 Å². The Hall–Kier alpha value is -1.06. The van der Waals surface area contributed by atoms with Gasteiger partial charge in [-0.05, 0) is 24.3 Å². The minimum absolute atomic E-state index is 0. The molecule has 22 heavy (non-hydrogen) atoms. The predicted octanol–water partition coefficient (Wildman–Crippen LogP) is -0.452. The SMILES string of the molecule is C[n+]1ccn(C(=O)N=C2SCCN2c2ccc(Cl)cc2)c1.[I-]. The van der Waals surface area contributed by atoms with E-state index < -0.39 is 0 Å². The molecular formula is C14H14ClIN4OS. The molecule has 0 aliphatic carbocycles. The Bertz CT molecular complexity index is 701. The molecule has 2 aromatic rings. The van der Waals surface area contributed by atoms with E-state index in [1.54, 1.807) is 35.0 Å². The zero-order valence-electron chi connectivity index (χ0n) is 11.8. The highest BCUT2D eigenvalue weighted by atomic mass is 127.